The molecule has 7 nitrogen and oxygen atoms in total. The Morgan fingerprint density at radius 3 is 2.62 bits per heavy atom. The maximum Gasteiger partial charge on any atom is 0.256 e. The lowest BCUT2D eigenvalue weighted by molar-refractivity contribution is 0.0907. The van der Waals surface area contributed by atoms with Gasteiger partial charge in [0.2, 0.25) is 5.88 Å². The SMILES string of the molecule is O=C(NCc1ccccc1)c1cc([C@H]2CC(O)[C@@H](CO)C2)c(=O)[nH]c1O. The highest BCUT2D eigenvalue weighted by atomic mass is 16.3. The smallest absolute Gasteiger partial charge is 0.256 e. The fourth-order valence-electron chi connectivity index (χ4n) is 3.44. The molecule has 5 N–H and O–H groups in total. The lowest BCUT2D eigenvalue weighted by atomic mass is 9.96. The predicted molar refractivity (Wildman–Crippen MR) is 94.9 cm³/mol. The second-order valence-corrected chi connectivity index (χ2v) is 6.66. The molecule has 0 radical (unpaired) electrons. The highest BCUT2D eigenvalue weighted by Gasteiger charge is 2.35. The minimum absolute atomic E-state index is 0.0162. The van der Waals surface area contributed by atoms with Crippen molar-refractivity contribution >= 4 is 5.91 Å². The first-order valence-corrected chi connectivity index (χ1v) is 8.56. The Kier molecular flexibility index (Phi) is 5.39. The third-order valence-corrected chi connectivity index (χ3v) is 4.92. The van der Waals surface area contributed by atoms with Gasteiger partial charge in [-0.3, -0.25) is 14.6 Å². The van der Waals surface area contributed by atoms with Crippen LogP contribution in [0.5, 0.6) is 5.88 Å². The summed E-state index contributed by atoms with van der Waals surface area (Å²) in [4.78, 5) is 26.9. The summed E-state index contributed by atoms with van der Waals surface area (Å²) in [6.07, 6.45) is 0.106. The minimum Gasteiger partial charge on any atom is -0.494 e. The Morgan fingerprint density at radius 2 is 1.96 bits per heavy atom. The van der Waals surface area contributed by atoms with E-state index in [4.69, 9.17) is 0 Å². The van der Waals surface area contributed by atoms with Crippen molar-refractivity contribution < 1.29 is 20.1 Å². The molecule has 1 aliphatic carbocycles. The van der Waals surface area contributed by atoms with Gasteiger partial charge in [-0.25, -0.2) is 0 Å². The third-order valence-electron chi connectivity index (χ3n) is 4.92. The van der Waals surface area contributed by atoms with Gasteiger partial charge in [0.25, 0.3) is 11.5 Å². The first-order chi connectivity index (χ1) is 12.5. The molecule has 1 aromatic carbocycles. The summed E-state index contributed by atoms with van der Waals surface area (Å²) in [5.74, 6) is -1.54. The van der Waals surface area contributed by atoms with Crippen molar-refractivity contribution in [2.75, 3.05) is 6.61 Å². The molecular weight excluding hydrogens is 336 g/mol. The van der Waals surface area contributed by atoms with E-state index in [1.807, 2.05) is 30.3 Å². The van der Waals surface area contributed by atoms with Gasteiger partial charge in [-0.05, 0) is 30.4 Å². The van der Waals surface area contributed by atoms with Crippen LogP contribution in [-0.4, -0.2) is 38.9 Å². The molecule has 26 heavy (non-hydrogen) atoms. The first kappa shape index (κ1) is 18.2. The van der Waals surface area contributed by atoms with Gasteiger partial charge in [-0.15, -0.1) is 0 Å². The normalized spacial score (nSPS) is 22.3. The van der Waals surface area contributed by atoms with E-state index < -0.39 is 23.5 Å². The number of aliphatic hydroxyl groups excluding tert-OH is 2. The monoisotopic (exact) mass is 358 g/mol. The number of aromatic nitrogens is 1. The van der Waals surface area contributed by atoms with Gasteiger partial charge in [0.1, 0.15) is 0 Å². The predicted octanol–water partition coefficient (Wildman–Crippen LogP) is 0.857. The van der Waals surface area contributed by atoms with E-state index in [0.717, 1.165) is 5.56 Å². The zero-order valence-corrected chi connectivity index (χ0v) is 14.2. The van der Waals surface area contributed by atoms with Gasteiger partial charge < -0.3 is 20.6 Å². The summed E-state index contributed by atoms with van der Waals surface area (Å²) in [5.41, 5.74) is 0.743. The Balaban J connectivity index is 1.79. The number of carbonyl (C=O) groups excluding carboxylic acids is 1. The third kappa shape index (κ3) is 3.79. The van der Waals surface area contributed by atoms with Crippen LogP contribution in [0.25, 0.3) is 0 Å². The van der Waals surface area contributed by atoms with Crippen molar-refractivity contribution in [3.8, 4) is 5.88 Å². The second-order valence-electron chi connectivity index (χ2n) is 6.66. The maximum atomic E-state index is 12.4. The lowest BCUT2D eigenvalue weighted by Crippen LogP contribution is -2.25. The van der Waals surface area contributed by atoms with Crippen LogP contribution in [0.1, 0.15) is 40.2 Å². The van der Waals surface area contributed by atoms with Crippen LogP contribution in [0.3, 0.4) is 0 Å². The van der Waals surface area contributed by atoms with E-state index >= 15 is 0 Å². The van der Waals surface area contributed by atoms with Crippen LogP contribution in [0.15, 0.2) is 41.2 Å². The van der Waals surface area contributed by atoms with Crippen LogP contribution < -0.4 is 10.9 Å². The van der Waals surface area contributed by atoms with E-state index in [0.29, 0.717) is 24.9 Å². The van der Waals surface area contributed by atoms with Crippen molar-refractivity contribution in [3.05, 3.63) is 63.4 Å². The largest absolute Gasteiger partial charge is 0.494 e. The molecule has 1 unspecified atom stereocenters. The maximum absolute atomic E-state index is 12.4. The number of amides is 1. The highest BCUT2D eigenvalue weighted by Crippen LogP contribution is 2.37. The van der Waals surface area contributed by atoms with Gasteiger partial charge >= 0.3 is 0 Å². The topological polar surface area (TPSA) is 123 Å². The van der Waals surface area contributed by atoms with Gasteiger partial charge in [-0.2, -0.15) is 0 Å². The molecule has 0 aliphatic heterocycles. The summed E-state index contributed by atoms with van der Waals surface area (Å²) in [6.45, 7) is 0.139. The van der Waals surface area contributed by atoms with Gasteiger partial charge in [0.15, 0.2) is 0 Å². The van der Waals surface area contributed by atoms with Crippen molar-refractivity contribution in [2.24, 2.45) is 5.92 Å². The summed E-state index contributed by atoms with van der Waals surface area (Å²) < 4.78 is 0. The fraction of sp³-hybridized carbons (Fsp3) is 0.368. The van der Waals surface area contributed by atoms with Crippen LogP contribution in [0, 0.1) is 5.92 Å². The summed E-state index contributed by atoms with van der Waals surface area (Å²) in [6, 6.07) is 10.7. The number of carbonyl (C=O) groups is 1. The zero-order chi connectivity index (χ0) is 18.7. The molecular formula is C19H22N2O5. The molecule has 0 saturated heterocycles. The molecule has 2 aromatic rings. The van der Waals surface area contributed by atoms with Crippen LogP contribution in [-0.2, 0) is 6.54 Å². The Bertz CT molecular complexity index is 834. The molecule has 0 bridgehead atoms. The molecule has 3 rings (SSSR count). The number of benzene rings is 1. The highest BCUT2D eigenvalue weighted by molar-refractivity contribution is 5.96. The van der Waals surface area contributed by atoms with Crippen molar-refractivity contribution in [3.63, 3.8) is 0 Å². The van der Waals surface area contributed by atoms with Crippen molar-refractivity contribution in [1.29, 1.82) is 0 Å². The van der Waals surface area contributed by atoms with Crippen LogP contribution in [0.4, 0.5) is 0 Å². The van der Waals surface area contributed by atoms with E-state index in [9.17, 15) is 24.9 Å². The number of aromatic hydroxyl groups is 1. The molecule has 1 aliphatic rings. The summed E-state index contributed by atoms with van der Waals surface area (Å²) in [5, 5.41) is 31.9. The van der Waals surface area contributed by atoms with Gasteiger partial charge in [0, 0.05) is 24.6 Å². The fourth-order valence-corrected chi connectivity index (χ4v) is 3.44. The molecule has 1 heterocycles. The number of H-pyrrole nitrogens is 1. The lowest BCUT2D eigenvalue weighted by Gasteiger charge is -2.12. The number of hydrogen-bond donors (Lipinski definition) is 5. The minimum atomic E-state index is -0.687. The van der Waals surface area contributed by atoms with Crippen molar-refractivity contribution in [1.82, 2.24) is 10.3 Å². The van der Waals surface area contributed by atoms with E-state index in [1.165, 1.54) is 6.07 Å². The standard InChI is InChI=1S/C19H22N2O5/c22-10-13-6-12(7-16(13)23)14-8-15(19(26)21-18(14)25)17(24)20-9-11-4-2-1-3-5-11/h1-5,8,12-13,16,22-23H,6-7,9-10H2,(H,20,24)(H2,21,25,26)/t12-,13-,16?/m1/s1. The van der Waals surface area contributed by atoms with Gasteiger partial charge in [-0.1, -0.05) is 30.3 Å². The van der Waals surface area contributed by atoms with Gasteiger partial charge in [0.05, 0.1) is 11.7 Å². The number of rotatable bonds is 5. The van der Waals surface area contributed by atoms with Crippen LogP contribution in [0.2, 0.25) is 0 Å². The van der Waals surface area contributed by atoms with E-state index in [-0.39, 0.29) is 24.0 Å². The van der Waals surface area contributed by atoms with E-state index in [1.54, 1.807) is 0 Å². The Morgan fingerprint density at radius 1 is 1.23 bits per heavy atom. The number of hydrogen-bond acceptors (Lipinski definition) is 5. The number of aliphatic hydroxyl groups is 2. The number of pyridine rings is 1. The average molecular weight is 358 g/mol. The zero-order valence-electron chi connectivity index (χ0n) is 14.2. The Labute approximate surface area is 150 Å². The molecule has 1 amide bonds. The number of aromatic amines is 1. The van der Waals surface area contributed by atoms with Crippen molar-refractivity contribution in [2.45, 2.75) is 31.4 Å². The number of nitrogens with one attached hydrogen (secondary N) is 2. The van der Waals surface area contributed by atoms with Crippen LogP contribution >= 0.6 is 0 Å². The molecule has 1 fully saturated rings. The summed E-state index contributed by atoms with van der Waals surface area (Å²) in [7, 11) is 0. The molecule has 1 saturated carbocycles. The molecule has 3 atom stereocenters. The molecule has 1 aromatic heterocycles. The average Bonchev–Trinajstić information content (AvgIpc) is 3.01. The molecule has 7 heteroatoms. The Hall–Kier alpha value is -2.64. The quantitative estimate of drug-likeness (QED) is 0.542. The second kappa shape index (κ2) is 7.72. The summed E-state index contributed by atoms with van der Waals surface area (Å²) >= 11 is 0. The molecule has 138 valence electrons. The van der Waals surface area contributed by atoms with E-state index in [2.05, 4.69) is 10.3 Å². The molecule has 0 spiro atoms. The first-order valence-electron chi connectivity index (χ1n) is 8.56.